The summed E-state index contributed by atoms with van der Waals surface area (Å²) in [4.78, 5) is 26.7. The Kier molecular flexibility index (Phi) is 9.36. The van der Waals surface area contributed by atoms with Crippen molar-refractivity contribution in [2.24, 2.45) is 11.1 Å². The van der Waals surface area contributed by atoms with Gasteiger partial charge in [0.1, 0.15) is 6.17 Å². The number of rotatable bonds is 6. The molecule has 0 heterocycles. The van der Waals surface area contributed by atoms with E-state index in [9.17, 15) is 27.9 Å². The highest BCUT2D eigenvalue weighted by atomic mass is 127. The molecule has 2 rings (SSSR count). The Balaban J connectivity index is 2.28. The second-order valence-corrected chi connectivity index (χ2v) is 12.5. The highest BCUT2D eigenvalue weighted by Crippen LogP contribution is 2.41. The lowest BCUT2D eigenvalue weighted by molar-refractivity contribution is -0.160. The SMILES string of the molecule is CC(C)(C)C(=O)N(Cc1cccc(C(F)(F)F)c1)C(O)C(=O)NC(N)C1=CC(Cl)C(C)(I)C(Cl)=C1. The van der Waals surface area contributed by atoms with Crippen molar-refractivity contribution < 1.29 is 27.9 Å². The summed E-state index contributed by atoms with van der Waals surface area (Å²) < 4.78 is 38.8. The number of carbonyl (C=O) groups excluding carboxylic acids is 2. The Bertz CT molecular complexity index is 1040. The molecule has 0 fully saturated rings. The third kappa shape index (κ3) is 7.34. The molecule has 194 valence electrons. The molecule has 1 aromatic rings. The van der Waals surface area contributed by atoms with Crippen molar-refractivity contribution in [1.82, 2.24) is 10.2 Å². The lowest BCUT2D eigenvalue weighted by Crippen LogP contribution is -2.55. The minimum absolute atomic E-state index is 0.0876. The van der Waals surface area contributed by atoms with Gasteiger partial charge in [-0.15, -0.1) is 11.6 Å². The van der Waals surface area contributed by atoms with Crippen molar-refractivity contribution >= 4 is 57.6 Å². The third-order valence-corrected chi connectivity index (χ3v) is 8.32. The van der Waals surface area contributed by atoms with Crippen LogP contribution >= 0.6 is 45.8 Å². The first-order chi connectivity index (χ1) is 15.9. The van der Waals surface area contributed by atoms with E-state index in [2.05, 4.69) is 27.9 Å². The lowest BCUT2D eigenvalue weighted by Gasteiger charge is -2.34. The fraction of sp³-hybridized carbons (Fsp3) is 0.478. The van der Waals surface area contributed by atoms with Gasteiger partial charge in [-0.25, -0.2) is 0 Å². The third-order valence-electron chi connectivity index (χ3n) is 5.31. The standard InChI is InChI=1S/C23H27Cl2F3IN3O3/c1-21(2,3)20(35)32(11-12-6-5-7-14(8-12)23(26,27)28)19(34)18(33)31-17(30)13-9-15(24)22(4,29)16(25)10-13/h5-10,15,17,19,34H,11,30H2,1-4H3,(H,31,33). The van der Waals surface area contributed by atoms with E-state index in [1.54, 1.807) is 32.9 Å². The average molecular weight is 648 g/mol. The zero-order valence-corrected chi connectivity index (χ0v) is 23.1. The molecule has 6 nitrogen and oxygen atoms in total. The van der Waals surface area contributed by atoms with Crippen molar-refractivity contribution in [1.29, 1.82) is 0 Å². The van der Waals surface area contributed by atoms with Crippen LogP contribution in [0.2, 0.25) is 0 Å². The first-order valence-corrected chi connectivity index (χ1v) is 12.4. The van der Waals surface area contributed by atoms with Crippen molar-refractivity contribution in [3.8, 4) is 0 Å². The van der Waals surface area contributed by atoms with Crippen LogP contribution in [0.15, 0.2) is 47.0 Å². The zero-order valence-electron chi connectivity index (χ0n) is 19.5. The van der Waals surface area contributed by atoms with Crippen molar-refractivity contribution in [3.05, 3.63) is 58.1 Å². The molecule has 4 unspecified atom stereocenters. The summed E-state index contributed by atoms with van der Waals surface area (Å²) in [6.45, 7) is 6.08. The maximum atomic E-state index is 13.1. The number of aliphatic hydroxyl groups excluding tert-OH is 1. The van der Waals surface area contributed by atoms with E-state index in [0.717, 1.165) is 17.0 Å². The summed E-state index contributed by atoms with van der Waals surface area (Å²) in [6.07, 6.45) is -4.54. The van der Waals surface area contributed by atoms with Gasteiger partial charge in [0.05, 0.1) is 14.4 Å². The summed E-state index contributed by atoms with van der Waals surface area (Å²) in [5, 5.41) is 13.1. The Labute approximate surface area is 225 Å². The van der Waals surface area contributed by atoms with Crippen LogP contribution in [0.25, 0.3) is 0 Å². The minimum atomic E-state index is -4.59. The van der Waals surface area contributed by atoms with Gasteiger partial charge in [0.15, 0.2) is 0 Å². The van der Waals surface area contributed by atoms with Crippen LogP contribution in [0, 0.1) is 5.41 Å². The molecule has 0 aromatic heterocycles. The Morgan fingerprint density at radius 3 is 2.43 bits per heavy atom. The molecule has 35 heavy (non-hydrogen) atoms. The number of nitrogens with one attached hydrogen (secondary N) is 1. The van der Waals surface area contributed by atoms with Crippen LogP contribution in [0.4, 0.5) is 13.2 Å². The van der Waals surface area contributed by atoms with Gasteiger partial charge in [0.2, 0.25) is 12.1 Å². The van der Waals surface area contributed by atoms with Crippen molar-refractivity contribution in [3.63, 3.8) is 0 Å². The van der Waals surface area contributed by atoms with Crippen molar-refractivity contribution in [2.45, 2.75) is 61.6 Å². The molecule has 12 heteroatoms. The normalized spacial score (nSPS) is 22.6. The number of hydrogen-bond donors (Lipinski definition) is 3. The number of nitrogens with zero attached hydrogens (tertiary/aromatic N) is 1. The highest BCUT2D eigenvalue weighted by molar-refractivity contribution is 14.1. The summed E-state index contributed by atoms with van der Waals surface area (Å²) in [6, 6.07) is 4.31. The van der Waals surface area contributed by atoms with Crippen LogP contribution < -0.4 is 11.1 Å². The molecule has 1 aromatic carbocycles. The molecular weight excluding hydrogens is 621 g/mol. The van der Waals surface area contributed by atoms with Gasteiger partial charge >= 0.3 is 6.18 Å². The second kappa shape index (κ2) is 11.0. The molecule has 0 saturated heterocycles. The number of benzene rings is 1. The number of carbonyl (C=O) groups is 2. The first-order valence-electron chi connectivity index (χ1n) is 10.5. The van der Waals surface area contributed by atoms with Gasteiger partial charge in [0, 0.05) is 17.0 Å². The van der Waals surface area contributed by atoms with Crippen LogP contribution in [0.1, 0.15) is 38.8 Å². The fourth-order valence-corrected chi connectivity index (χ4v) is 4.08. The van der Waals surface area contributed by atoms with Gasteiger partial charge in [0.25, 0.3) is 5.91 Å². The summed E-state index contributed by atoms with van der Waals surface area (Å²) in [5.74, 6) is -1.66. The Morgan fingerprint density at radius 2 is 1.91 bits per heavy atom. The average Bonchev–Trinajstić information content (AvgIpc) is 2.73. The first kappa shape index (κ1) is 29.9. The summed E-state index contributed by atoms with van der Waals surface area (Å²) >= 11 is 14.7. The largest absolute Gasteiger partial charge is 0.416 e. The number of halogens is 6. The van der Waals surface area contributed by atoms with Gasteiger partial charge in [-0.1, -0.05) is 73.2 Å². The maximum Gasteiger partial charge on any atom is 0.416 e. The molecule has 1 aliphatic rings. The monoisotopic (exact) mass is 647 g/mol. The number of aliphatic hydroxyl groups is 1. The van der Waals surface area contributed by atoms with Crippen LogP contribution in [-0.2, 0) is 22.3 Å². The van der Waals surface area contributed by atoms with E-state index in [0.29, 0.717) is 10.6 Å². The van der Waals surface area contributed by atoms with Crippen molar-refractivity contribution in [2.75, 3.05) is 0 Å². The van der Waals surface area contributed by atoms with E-state index in [1.165, 1.54) is 12.1 Å². The molecule has 0 radical (unpaired) electrons. The molecule has 0 aliphatic heterocycles. The van der Waals surface area contributed by atoms with E-state index in [-0.39, 0.29) is 5.56 Å². The van der Waals surface area contributed by atoms with Gasteiger partial charge in [-0.05, 0) is 36.3 Å². The highest BCUT2D eigenvalue weighted by Gasteiger charge is 2.38. The van der Waals surface area contributed by atoms with E-state index < -0.39 is 56.7 Å². The van der Waals surface area contributed by atoms with Gasteiger partial charge in [-0.3, -0.25) is 9.59 Å². The van der Waals surface area contributed by atoms with E-state index >= 15 is 0 Å². The molecular formula is C23H27Cl2F3IN3O3. The number of alkyl halides is 5. The van der Waals surface area contributed by atoms with Crippen LogP contribution in [0.3, 0.4) is 0 Å². The molecule has 2 amide bonds. The molecule has 0 bridgehead atoms. The maximum absolute atomic E-state index is 13.1. The lowest BCUT2D eigenvalue weighted by atomic mass is 9.94. The molecule has 0 saturated carbocycles. The predicted molar refractivity (Wildman–Crippen MR) is 138 cm³/mol. The quantitative estimate of drug-likeness (QED) is 0.238. The minimum Gasteiger partial charge on any atom is -0.365 e. The Morgan fingerprint density at radius 1 is 1.31 bits per heavy atom. The number of hydrogen-bond acceptors (Lipinski definition) is 4. The number of nitrogens with two attached hydrogens (primary N) is 1. The molecule has 0 spiro atoms. The fourth-order valence-electron chi connectivity index (χ4n) is 3.18. The second-order valence-electron chi connectivity index (χ2n) is 9.38. The van der Waals surface area contributed by atoms with E-state index in [1.807, 2.05) is 6.92 Å². The smallest absolute Gasteiger partial charge is 0.365 e. The van der Waals surface area contributed by atoms with E-state index in [4.69, 9.17) is 28.9 Å². The number of amides is 2. The van der Waals surface area contributed by atoms with Gasteiger partial charge < -0.3 is 21.1 Å². The zero-order chi connectivity index (χ0) is 26.9. The summed E-state index contributed by atoms with van der Waals surface area (Å²) in [5.41, 5.74) is 4.62. The molecule has 1 aliphatic carbocycles. The van der Waals surface area contributed by atoms with Crippen LogP contribution in [-0.4, -0.2) is 43.0 Å². The predicted octanol–water partition coefficient (Wildman–Crippen LogP) is 4.66. The topological polar surface area (TPSA) is 95.7 Å². The Hall–Kier alpha value is -1.34. The molecule has 4 N–H and O–H groups in total. The summed E-state index contributed by atoms with van der Waals surface area (Å²) in [7, 11) is 0. The van der Waals surface area contributed by atoms with Gasteiger partial charge in [-0.2, -0.15) is 13.2 Å². The van der Waals surface area contributed by atoms with Crippen LogP contribution in [0.5, 0.6) is 0 Å². The molecule has 4 atom stereocenters. The number of allylic oxidation sites excluding steroid dienone is 2.